The van der Waals surface area contributed by atoms with Crippen molar-refractivity contribution < 1.29 is 26.7 Å². The van der Waals surface area contributed by atoms with Crippen LogP contribution < -0.4 is 4.74 Å². The Morgan fingerprint density at radius 3 is 2.15 bits per heavy atom. The smallest absolute Gasteiger partial charge is 0.406 e. The average molecular weight is 467 g/mol. The Balaban J connectivity index is 1.45. The van der Waals surface area contributed by atoms with Gasteiger partial charge >= 0.3 is 6.36 Å². The van der Waals surface area contributed by atoms with Crippen LogP contribution in [-0.4, -0.2) is 6.36 Å². The van der Waals surface area contributed by atoms with Gasteiger partial charge in [-0.15, -0.1) is 13.2 Å². The van der Waals surface area contributed by atoms with Gasteiger partial charge in [-0.1, -0.05) is 44.7 Å². The molecule has 2 saturated carbocycles. The van der Waals surface area contributed by atoms with Gasteiger partial charge in [0.2, 0.25) is 0 Å². The van der Waals surface area contributed by atoms with E-state index in [0.29, 0.717) is 11.5 Å². The van der Waals surface area contributed by atoms with Crippen LogP contribution in [0.3, 0.4) is 0 Å². The van der Waals surface area contributed by atoms with Crippen molar-refractivity contribution in [3.63, 3.8) is 0 Å². The molecule has 33 heavy (non-hydrogen) atoms. The van der Waals surface area contributed by atoms with Crippen LogP contribution in [0.4, 0.5) is 22.0 Å². The van der Waals surface area contributed by atoms with Gasteiger partial charge in [-0.3, -0.25) is 0 Å². The van der Waals surface area contributed by atoms with Crippen molar-refractivity contribution in [2.45, 2.75) is 77.0 Å². The van der Waals surface area contributed by atoms with Gasteiger partial charge in [-0.05, 0) is 91.2 Å². The summed E-state index contributed by atoms with van der Waals surface area (Å²) in [5, 5.41) is 0. The van der Waals surface area contributed by atoms with E-state index in [2.05, 4.69) is 11.7 Å². The zero-order valence-corrected chi connectivity index (χ0v) is 18.9. The van der Waals surface area contributed by atoms with Crippen LogP contribution in [0.1, 0.15) is 76.2 Å². The SMILES string of the molecule is CCCCC1CCC2CC(c3cc(F)c(-c4ccc(OC(F)(F)F)cc4)c(F)c3)CCC2C1. The first-order valence-electron chi connectivity index (χ1n) is 12.1. The van der Waals surface area contributed by atoms with E-state index in [9.17, 15) is 22.0 Å². The van der Waals surface area contributed by atoms with Gasteiger partial charge in [0.15, 0.2) is 0 Å². The maximum Gasteiger partial charge on any atom is 0.573 e. The molecule has 0 aliphatic heterocycles. The van der Waals surface area contributed by atoms with E-state index in [1.807, 2.05) is 0 Å². The number of unbranched alkanes of at least 4 members (excludes halogenated alkanes) is 1. The van der Waals surface area contributed by atoms with Crippen molar-refractivity contribution in [3.8, 4) is 16.9 Å². The molecule has 4 unspecified atom stereocenters. The number of alkyl halides is 3. The molecular formula is C27H31F5O. The van der Waals surface area contributed by atoms with E-state index in [0.717, 1.165) is 43.2 Å². The molecule has 0 N–H and O–H groups in total. The minimum Gasteiger partial charge on any atom is -0.406 e. The summed E-state index contributed by atoms with van der Waals surface area (Å²) in [6.07, 6.45) is 5.87. The highest BCUT2D eigenvalue weighted by atomic mass is 19.4. The third-order valence-corrected chi connectivity index (χ3v) is 7.60. The number of ether oxygens (including phenoxy) is 1. The van der Waals surface area contributed by atoms with E-state index in [1.165, 1.54) is 62.8 Å². The number of rotatable bonds is 6. The molecule has 4 rings (SSSR count). The van der Waals surface area contributed by atoms with E-state index in [4.69, 9.17) is 0 Å². The average Bonchev–Trinajstić information content (AvgIpc) is 2.77. The van der Waals surface area contributed by atoms with Gasteiger partial charge in [0.25, 0.3) is 0 Å². The number of benzene rings is 2. The van der Waals surface area contributed by atoms with Gasteiger partial charge < -0.3 is 4.74 Å². The molecule has 0 aromatic heterocycles. The summed E-state index contributed by atoms with van der Waals surface area (Å²) < 4.78 is 70.8. The van der Waals surface area contributed by atoms with Crippen LogP contribution in [0.15, 0.2) is 36.4 Å². The van der Waals surface area contributed by atoms with Crippen molar-refractivity contribution in [1.82, 2.24) is 0 Å². The van der Waals surface area contributed by atoms with E-state index in [-0.39, 0.29) is 17.0 Å². The summed E-state index contributed by atoms with van der Waals surface area (Å²) >= 11 is 0. The first kappa shape index (κ1) is 24.0. The van der Waals surface area contributed by atoms with Crippen molar-refractivity contribution in [2.24, 2.45) is 17.8 Å². The number of hydrogen-bond donors (Lipinski definition) is 0. The van der Waals surface area contributed by atoms with E-state index in [1.54, 1.807) is 0 Å². The van der Waals surface area contributed by atoms with Gasteiger partial charge in [0, 0.05) is 0 Å². The van der Waals surface area contributed by atoms with Crippen LogP contribution in [0.2, 0.25) is 0 Å². The topological polar surface area (TPSA) is 9.23 Å². The van der Waals surface area contributed by atoms with Gasteiger partial charge in [-0.2, -0.15) is 0 Å². The van der Waals surface area contributed by atoms with Crippen LogP contribution >= 0.6 is 0 Å². The molecule has 2 fully saturated rings. The second-order valence-corrected chi connectivity index (χ2v) is 9.78. The van der Waals surface area contributed by atoms with Crippen LogP contribution in [0.5, 0.6) is 5.75 Å². The maximum atomic E-state index is 15.0. The Hall–Kier alpha value is -2.11. The predicted molar refractivity (Wildman–Crippen MR) is 119 cm³/mol. The van der Waals surface area contributed by atoms with E-state index >= 15 is 0 Å². The molecule has 0 saturated heterocycles. The molecule has 2 aromatic rings. The van der Waals surface area contributed by atoms with Crippen molar-refractivity contribution in [3.05, 3.63) is 53.6 Å². The lowest BCUT2D eigenvalue weighted by atomic mass is 9.63. The fourth-order valence-electron chi connectivity index (χ4n) is 5.97. The molecule has 0 radical (unpaired) electrons. The third kappa shape index (κ3) is 5.88. The van der Waals surface area contributed by atoms with Gasteiger partial charge in [0.1, 0.15) is 17.4 Å². The molecular weight excluding hydrogens is 435 g/mol. The highest BCUT2D eigenvalue weighted by Crippen LogP contribution is 2.49. The molecule has 2 aliphatic rings. The molecule has 1 nitrogen and oxygen atoms in total. The minimum atomic E-state index is -4.81. The first-order chi connectivity index (χ1) is 15.7. The van der Waals surface area contributed by atoms with Gasteiger partial charge in [-0.25, -0.2) is 8.78 Å². The standard InChI is InChI=1S/C27H31F5O/c1-2-3-4-17-5-6-20-14-21(8-7-19(20)13-17)22-15-24(28)26(25(29)16-22)18-9-11-23(12-10-18)33-27(30,31)32/h9-12,15-17,19-21H,2-8,13-14H2,1H3. The lowest BCUT2D eigenvalue weighted by Gasteiger charge is -2.42. The Bertz CT molecular complexity index is 914. The second-order valence-electron chi connectivity index (χ2n) is 9.78. The zero-order chi connectivity index (χ0) is 23.6. The number of hydrogen-bond acceptors (Lipinski definition) is 1. The lowest BCUT2D eigenvalue weighted by Crippen LogP contribution is -2.30. The molecule has 0 heterocycles. The predicted octanol–water partition coefficient (Wildman–Crippen LogP) is 9.02. The number of halogens is 5. The molecule has 4 atom stereocenters. The first-order valence-corrected chi connectivity index (χ1v) is 12.1. The quantitative estimate of drug-likeness (QED) is 0.386. The Kier molecular flexibility index (Phi) is 7.30. The van der Waals surface area contributed by atoms with Crippen LogP contribution in [-0.2, 0) is 0 Å². The largest absolute Gasteiger partial charge is 0.573 e. The highest BCUT2D eigenvalue weighted by molar-refractivity contribution is 5.66. The third-order valence-electron chi connectivity index (χ3n) is 7.60. The van der Waals surface area contributed by atoms with Crippen molar-refractivity contribution >= 4 is 0 Å². The molecule has 180 valence electrons. The van der Waals surface area contributed by atoms with E-state index < -0.39 is 23.7 Å². The Morgan fingerprint density at radius 2 is 1.52 bits per heavy atom. The molecule has 2 aromatic carbocycles. The fourth-order valence-corrected chi connectivity index (χ4v) is 5.97. The molecule has 0 spiro atoms. The Labute approximate surface area is 192 Å². The van der Waals surface area contributed by atoms with Crippen LogP contribution in [0, 0.1) is 29.4 Å². The van der Waals surface area contributed by atoms with Crippen LogP contribution in [0.25, 0.3) is 11.1 Å². The lowest BCUT2D eigenvalue weighted by molar-refractivity contribution is -0.274. The van der Waals surface area contributed by atoms with Crippen molar-refractivity contribution in [1.29, 1.82) is 0 Å². The fraction of sp³-hybridized carbons (Fsp3) is 0.556. The summed E-state index contributed by atoms with van der Waals surface area (Å²) in [6.45, 7) is 2.23. The minimum absolute atomic E-state index is 0.152. The summed E-state index contributed by atoms with van der Waals surface area (Å²) in [4.78, 5) is 0. The van der Waals surface area contributed by atoms with Gasteiger partial charge in [0.05, 0.1) is 5.56 Å². The summed E-state index contributed by atoms with van der Waals surface area (Å²) in [5.41, 5.74) is 0.653. The summed E-state index contributed by atoms with van der Waals surface area (Å²) in [5.74, 6) is 0.574. The monoisotopic (exact) mass is 466 g/mol. The second kappa shape index (κ2) is 10.0. The summed E-state index contributed by atoms with van der Waals surface area (Å²) in [7, 11) is 0. The Morgan fingerprint density at radius 1 is 0.879 bits per heavy atom. The molecule has 0 bridgehead atoms. The zero-order valence-electron chi connectivity index (χ0n) is 18.9. The molecule has 0 amide bonds. The molecule has 2 aliphatic carbocycles. The maximum absolute atomic E-state index is 15.0. The summed E-state index contributed by atoms with van der Waals surface area (Å²) in [6, 6.07) is 7.43. The number of fused-ring (bicyclic) bond motifs is 1. The normalized spacial score (nSPS) is 25.5. The highest BCUT2D eigenvalue weighted by Gasteiger charge is 2.36. The molecule has 6 heteroatoms. The van der Waals surface area contributed by atoms with Crippen molar-refractivity contribution in [2.75, 3.05) is 0 Å².